The zero-order chi connectivity index (χ0) is 26.1. The lowest BCUT2D eigenvalue weighted by atomic mass is 9.82. The van der Waals surface area contributed by atoms with E-state index in [9.17, 15) is 4.79 Å². The first-order chi connectivity index (χ1) is 16.9. The molecule has 2 aliphatic heterocycles. The van der Waals surface area contributed by atoms with Gasteiger partial charge in [0, 0.05) is 42.6 Å². The average Bonchev–Trinajstić information content (AvgIpc) is 2.78. The van der Waals surface area contributed by atoms with Gasteiger partial charge in [0.15, 0.2) is 0 Å². The number of benzene rings is 1. The van der Waals surface area contributed by atoms with Crippen LogP contribution < -0.4 is 11.1 Å². The second-order valence-corrected chi connectivity index (χ2v) is 11.4. The fourth-order valence-corrected chi connectivity index (χ4v) is 5.55. The predicted molar refractivity (Wildman–Crippen MR) is 153 cm³/mol. The minimum absolute atomic E-state index is 0. The summed E-state index contributed by atoms with van der Waals surface area (Å²) in [5, 5.41) is 2.93. The molecule has 0 aliphatic carbocycles. The van der Waals surface area contributed by atoms with Crippen molar-refractivity contribution >= 4 is 29.7 Å². The molecular weight excluding hydrogens is 484 g/mol. The number of nitrogen functional groups attached to an aromatic ring is 1. The van der Waals surface area contributed by atoms with Crippen molar-refractivity contribution in [2.45, 2.75) is 51.6 Å². The largest absolute Gasteiger partial charge is 0.397 e. The molecule has 0 atom stereocenters. The van der Waals surface area contributed by atoms with Crippen LogP contribution in [0.5, 0.6) is 0 Å². The van der Waals surface area contributed by atoms with Crippen molar-refractivity contribution in [1.29, 1.82) is 0 Å². The third-order valence-corrected chi connectivity index (χ3v) is 6.74. The summed E-state index contributed by atoms with van der Waals surface area (Å²) >= 11 is 0. The van der Waals surface area contributed by atoms with Gasteiger partial charge in [0.25, 0.3) is 5.91 Å². The SMILES string of the molecule is CN1Cc2cc(N)cnc2C(C)(C)C1.CN1Cc2cc(NC(=O)c3ccccc3)cnc2C(C)(C)C1.Cl. The predicted octanol–water partition coefficient (Wildman–Crippen LogP) is 4.87. The first-order valence-electron chi connectivity index (χ1n) is 12.4. The van der Waals surface area contributed by atoms with Crippen molar-refractivity contribution in [2.24, 2.45) is 0 Å². The van der Waals surface area contributed by atoms with Crippen LogP contribution in [0.25, 0.3) is 0 Å². The smallest absolute Gasteiger partial charge is 0.255 e. The van der Waals surface area contributed by atoms with E-state index >= 15 is 0 Å². The number of nitrogens with zero attached hydrogens (tertiary/aromatic N) is 4. The Morgan fingerprint density at radius 3 is 1.95 bits per heavy atom. The molecule has 0 fully saturated rings. The highest BCUT2D eigenvalue weighted by molar-refractivity contribution is 6.04. The lowest BCUT2D eigenvalue weighted by Crippen LogP contribution is -2.40. The number of anilines is 2. The Hall–Kier alpha value is -3.00. The highest BCUT2D eigenvalue weighted by Gasteiger charge is 2.32. The Kier molecular flexibility index (Phi) is 8.63. The van der Waals surface area contributed by atoms with Gasteiger partial charge in [0.1, 0.15) is 0 Å². The van der Waals surface area contributed by atoms with Crippen molar-refractivity contribution in [3.05, 3.63) is 82.9 Å². The lowest BCUT2D eigenvalue weighted by molar-refractivity contribution is 0.102. The summed E-state index contributed by atoms with van der Waals surface area (Å²) in [5.41, 5.74) is 12.8. The number of nitrogens with one attached hydrogen (secondary N) is 1. The summed E-state index contributed by atoms with van der Waals surface area (Å²) in [6.07, 6.45) is 3.51. The van der Waals surface area contributed by atoms with Crippen LogP contribution >= 0.6 is 12.4 Å². The third kappa shape index (κ3) is 6.66. The summed E-state index contributed by atoms with van der Waals surface area (Å²) in [5.74, 6) is -0.106. The van der Waals surface area contributed by atoms with Crippen molar-refractivity contribution < 1.29 is 4.79 Å². The van der Waals surface area contributed by atoms with E-state index in [2.05, 4.69) is 66.9 Å². The van der Waals surface area contributed by atoms with Crippen LogP contribution in [0.1, 0.15) is 60.6 Å². The van der Waals surface area contributed by atoms with Gasteiger partial charge in [0.2, 0.25) is 0 Å². The maximum Gasteiger partial charge on any atom is 0.255 e. The van der Waals surface area contributed by atoms with E-state index in [0.717, 1.165) is 43.2 Å². The Morgan fingerprint density at radius 2 is 1.38 bits per heavy atom. The number of carbonyl (C=O) groups is 1. The summed E-state index contributed by atoms with van der Waals surface area (Å²) in [6, 6.07) is 13.3. The third-order valence-electron chi connectivity index (χ3n) is 6.74. The molecule has 3 aromatic rings. The molecule has 7 nitrogen and oxygen atoms in total. The first-order valence-corrected chi connectivity index (χ1v) is 12.4. The van der Waals surface area contributed by atoms with E-state index in [4.69, 9.17) is 5.73 Å². The normalized spacial score (nSPS) is 17.8. The average molecular weight is 523 g/mol. The van der Waals surface area contributed by atoms with Crippen LogP contribution in [0, 0.1) is 0 Å². The van der Waals surface area contributed by atoms with Crippen molar-refractivity contribution in [1.82, 2.24) is 19.8 Å². The van der Waals surface area contributed by atoms with Gasteiger partial charge < -0.3 is 20.9 Å². The van der Waals surface area contributed by atoms with Crippen LogP contribution in [0.15, 0.2) is 54.9 Å². The maximum absolute atomic E-state index is 12.2. The van der Waals surface area contributed by atoms with Gasteiger partial charge in [-0.2, -0.15) is 0 Å². The molecule has 1 aromatic carbocycles. The Labute approximate surface area is 226 Å². The number of rotatable bonds is 2. The number of likely N-dealkylation sites (N-methyl/N-ethyl adjacent to an activating group) is 2. The topological polar surface area (TPSA) is 87.4 Å². The van der Waals surface area contributed by atoms with Gasteiger partial charge in [-0.05, 0) is 49.5 Å². The summed E-state index contributed by atoms with van der Waals surface area (Å²) < 4.78 is 0. The van der Waals surface area contributed by atoms with E-state index < -0.39 is 0 Å². The molecule has 0 radical (unpaired) electrons. The fraction of sp³-hybridized carbons (Fsp3) is 0.414. The van der Waals surface area contributed by atoms with Gasteiger partial charge in [-0.1, -0.05) is 45.9 Å². The maximum atomic E-state index is 12.2. The molecule has 0 saturated heterocycles. The molecular formula is C29H39ClN6O. The van der Waals surface area contributed by atoms with E-state index in [1.807, 2.05) is 30.3 Å². The summed E-state index contributed by atoms with van der Waals surface area (Å²) in [6.45, 7) is 12.7. The number of pyridine rings is 2. The molecule has 4 heterocycles. The molecule has 37 heavy (non-hydrogen) atoms. The fourth-order valence-electron chi connectivity index (χ4n) is 5.55. The Morgan fingerprint density at radius 1 is 0.865 bits per heavy atom. The lowest BCUT2D eigenvalue weighted by Gasteiger charge is -2.37. The molecule has 3 N–H and O–H groups in total. The van der Waals surface area contributed by atoms with Gasteiger partial charge in [-0.15, -0.1) is 12.4 Å². The minimum Gasteiger partial charge on any atom is -0.397 e. The first kappa shape index (κ1) is 28.6. The highest BCUT2D eigenvalue weighted by Crippen LogP contribution is 2.33. The highest BCUT2D eigenvalue weighted by atomic mass is 35.5. The van der Waals surface area contributed by atoms with Gasteiger partial charge >= 0.3 is 0 Å². The van der Waals surface area contributed by atoms with Crippen LogP contribution in [-0.2, 0) is 23.9 Å². The molecule has 1 amide bonds. The summed E-state index contributed by atoms with van der Waals surface area (Å²) in [4.78, 5) is 25.9. The Bertz CT molecular complexity index is 1240. The second kappa shape index (κ2) is 11.2. The van der Waals surface area contributed by atoms with Crippen LogP contribution in [0.4, 0.5) is 11.4 Å². The Balaban J connectivity index is 0.000000220. The molecule has 198 valence electrons. The molecule has 2 aromatic heterocycles. The molecule has 2 aliphatic rings. The van der Waals surface area contributed by atoms with Crippen molar-refractivity contribution in [2.75, 3.05) is 38.2 Å². The molecule has 0 bridgehead atoms. The number of amides is 1. The number of aromatic nitrogens is 2. The number of fused-ring (bicyclic) bond motifs is 2. The van der Waals surface area contributed by atoms with Crippen LogP contribution in [0.3, 0.4) is 0 Å². The quantitative estimate of drug-likeness (QED) is 0.499. The van der Waals surface area contributed by atoms with Gasteiger partial charge in [-0.3, -0.25) is 14.8 Å². The number of halogens is 1. The molecule has 0 saturated carbocycles. The zero-order valence-corrected chi connectivity index (χ0v) is 23.5. The van der Waals surface area contributed by atoms with E-state index in [1.165, 1.54) is 16.8 Å². The monoisotopic (exact) mass is 522 g/mol. The van der Waals surface area contributed by atoms with E-state index in [0.29, 0.717) is 5.56 Å². The summed E-state index contributed by atoms with van der Waals surface area (Å²) in [7, 11) is 4.24. The molecule has 0 spiro atoms. The van der Waals surface area contributed by atoms with E-state index in [1.54, 1.807) is 24.5 Å². The van der Waals surface area contributed by atoms with Crippen LogP contribution in [0.2, 0.25) is 0 Å². The number of carbonyl (C=O) groups excluding carboxylic acids is 1. The molecule has 0 unspecified atom stereocenters. The van der Waals surface area contributed by atoms with Crippen molar-refractivity contribution in [3.63, 3.8) is 0 Å². The van der Waals surface area contributed by atoms with E-state index in [-0.39, 0.29) is 29.1 Å². The second-order valence-electron chi connectivity index (χ2n) is 11.4. The van der Waals surface area contributed by atoms with Gasteiger partial charge in [0.05, 0.1) is 35.2 Å². The molecule has 5 rings (SSSR count). The van der Waals surface area contributed by atoms with Crippen molar-refractivity contribution in [3.8, 4) is 0 Å². The van der Waals surface area contributed by atoms with Gasteiger partial charge in [-0.25, -0.2) is 0 Å². The zero-order valence-electron chi connectivity index (χ0n) is 22.7. The minimum atomic E-state index is -0.106. The number of hydrogen-bond donors (Lipinski definition) is 2. The number of nitrogens with two attached hydrogens (primary N) is 1. The number of hydrogen-bond acceptors (Lipinski definition) is 6. The van der Waals surface area contributed by atoms with Crippen LogP contribution in [-0.4, -0.2) is 52.9 Å². The molecule has 8 heteroatoms. The standard InChI is InChI=1S/C18H21N3O.C11H17N3.ClH/c1-18(2)12-21(3)11-14-9-15(10-19-16(14)18)20-17(22)13-7-5-4-6-8-13;1-11(2)7-14(3)6-8-4-9(12)5-13-10(8)11;/h4-10H,11-12H2,1-3H3,(H,20,22);4-5H,6-7,12H2,1-3H3;1H.